The van der Waals surface area contributed by atoms with Crippen molar-refractivity contribution in [2.75, 3.05) is 0 Å². The first-order valence-corrected chi connectivity index (χ1v) is 23.5. The van der Waals surface area contributed by atoms with Crippen LogP contribution >= 0.6 is 0 Å². The Hall–Kier alpha value is -9.38. The third-order valence-corrected chi connectivity index (χ3v) is 13.2. The van der Waals surface area contributed by atoms with Crippen LogP contribution in [0.4, 0.5) is 0 Å². The maximum atomic E-state index is 14.9. The van der Waals surface area contributed by atoms with E-state index in [1.54, 1.807) is 0 Å². The number of benzene rings is 9. The predicted octanol–water partition coefficient (Wildman–Crippen LogP) is 15.2. The molecule has 10 aromatic rings. The zero-order valence-electron chi connectivity index (χ0n) is 38.0. The van der Waals surface area contributed by atoms with Gasteiger partial charge in [-0.1, -0.05) is 243 Å². The summed E-state index contributed by atoms with van der Waals surface area (Å²) in [5, 5.41) is 0. The summed E-state index contributed by atoms with van der Waals surface area (Å²) in [6, 6.07) is 85.2. The highest BCUT2D eigenvalue weighted by molar-refractivity contribution is 6.60. The number of ketones is 2. The molecule has 0 N–H and O–H groups in total. The lowest BCUT2D eigenvalue weighted by Crippen LogP contribution is -2.01. The van der Waals surface area contributed by atoms with Crippen molar-refractivity contribution in [1.29, 1.82) is 0 Å². The van der Waals surface area contributed by atoms with Crippen molar-refractivity contribution in [2.24, 2.45) is 0 Å². The predicted molar refractivity (Wildman–Crippen MR) is 286 cm³/mol. The normalized spacial score (nSPS) is 13.8. The molecule has 0 saturated carbocycles. The van der Waals surface area contributed by atoms with Gasteiger partial charge in [-0.2, -0.15) is 0 Å². The molecule has 328 valence electrons. The molecule has 0 atom stereocenters. The molecule has 70 heavy (non-hydrogen) atoms. The van der Waals surface area contributed by atoms with E-state index in [1.807, 2.05) is 182 Å². The van der Waals surface area contributed by atoms with E-state index in [0.29, 0.717) is 22.3 Å². The van der Waals surface area contributed by atoms with Gasteiger partial charge in [0.05, 0.1) is 22.4 Å². The van der Waals surface area contributed by atoms with E-state index in [9.17, 15) is 9.59 Å². The Labute approximate surface area is 406 Å². The van der Waals surface area contributed by atoms with Crippen LogP contribution in [0.3, 0.4) is 0 Å². The summed E-state index contributed by atoms with van der Waals surface area (Å²) in [5.41, 5.74) is 18.4. The number of para-hydroxylation sites is 2. The minimum absolute atomic E-state index is 0.00208. The second kappa shape index (κ2) is 18.0. The van der Waals surface area contributed by atoms with Gasteiger partial charge in [-0.3, -0.25) is 9.59 Å². The van der Waals surface area contributed by atoms with Crippen LogP contribution in [0, 0.1) is 0 Å². The summed E-state index contributed by atoms with van der Waals surface area (Å²) in [4.78, 5) is 40.4. The number of fused-ring (bicyclic) bond motifs is 1. The van der Waals surface area contributed by atoms with Crippen molar-refractivity contribution in [1.82, 2.24) is 9.97 Å². The molecule has 0 radical (unpaired) electrons. The van der Waals surface area contributed by atoms with Crippen LogP contribution in [-0.2, 0) is 9.59 Å². The Balaban J connectivity index is 1.00. The maximum absolute atomic E-state index is 14.9. The van der Waals surface area contributed by atoms with Crippen LogP contribution in [0.25, 0.3) is 78.1 Å². The van der Waals surface area contributed by atoms with Crippen molar-refractivity contribution < 1.29 is 9.59 Å². The fourth-order valence-corrected chi connectivity index (χ4v) is 10.1. The van der Waals surface area contributed by atoms with Crippen molar-refractivity contribution >= 4 is 67.2 Å². The summed E-state index contributed by atoms with van der Waals surface area (Å²) in [7, 11) is 0. The van der Waals surface area contributed by atoms with Gasteiger partial charge >= 0.3 is 0 Å². The van der Waals surface area contributed by atoms with Gasteiger partial charge in [0.15, 0.2) is 11.6 Å². The summed E-state index contributed by atoms with van der Waals surface area (Å²) >= 11 is 0. The van der Waals surface area contributed by atoms with E-state index in [4.69, 9.17) is 9.97 Å². The molecule has 2 aliphatic carbocycles. The SMILES string of the molecule is O=C1C(c2ccccc2)=C(c2ccccc2)C(c2ccc(-c3nc4ccccc4nc3-c3ccc(C4=C(c5ccccc5)C(=O)C(c5ccccc5)=C4c4ccccc4)cc3)cc2)=C1c1ccccc1. The van der Waals surface area contributed by atoms with Gasteiger partial charge in [-0.15, -0.1) is 0 Å². The van der Waals surface area contributed by atoms with Gasteiger partial charge < -0.3 is 0 Å². The van der Waals surface area contributed by atoms with Gasteiger partial charge in [0.1, 0.15) is 0 Å². The number of nitrogens with zero attached hydrogens (tertiary/aromatic N) is 2. The average Bonchev–Trinajstić information content (AvgIpc) is 3.92. The number of allylic oxidation sites excluding steroid dienone is 8. The lowest BCUT2D eigenvalue weighted by Gasteiger charge is -2.16. The van der Waals surface area contributed by atoms with Crippen molar-refractivity contribution in [2.45, 2.75) is 0 Å². The summed E-state index contributed by atoms with van der Waals surface area (Å²) < 4.78 is 0. The first kappa shape index (κ1) is 42.0. The van der Waals surface area contributed by atoms with Gasteiger partial charge in [-0.25, -0.2) is 9.97 Å². The third-order valence-electron chi connectivity index (χ3n) is 13.2. The number of carbonyl (C=O) groups is 2. The first-order valence-electron chi connectivity index (χ1n) is 23.5. The smallest absolute Gasteiger partial charge is 0.195 e. The Kier molecular flexibility index (Phi) is 10.8. The molecule has 0 saturated heterocycles. The van der Waals surface area contributed by atoms with Crippen molar-refractivity contribution in [3.8, 4) is 22.5 Å². The van der Waals surface area contributed by atoms with E-state index >= 15 is 0 Å². The van der Waals surface area contributed by atoms with Gasteiger partial charge in [0.25, 0.3) is 0 Å². The fourth-order valence-electron chi connectivity index (χ4n) is 10.1. The van der Waals surface area contributed by atoms with Crippen LogP contribution in [0.15, 0.2) is 255 Å². The molecule has 0 unspecified atom stereocenters. The number of hydrogen-bond donors (Lipinski definition) is 0. The molecule has 0 bridgehead atoms. The van der Waals surface area contributed by atoms with Crippen LogP contribution in [0.2, 0.25) is 0 Å². The topological polar surface area (TPSA) is 59.9 Å². The summed E-state index contributed by atoms with van der Waals surface area (Å²) in [5.74, 6) is -0.00417. The fraction of sp³-hybridized carbons (Fsp3) is 0. The lowest BCUT2D eigenvalue weighted by molar-refractivity contribution is -0.109. The molecular formula is C66H42N2O2. The molecule has 0 amide bonds. The van der Waals surface area contributed by atoms with E-state index in [1.165, 1.54) is 0 Å². The minimum Gasteiger partial charge on any atom is -0.289 e. The van der Waals surface area contributed by atoms with Gasteiger partial charge in [-0.05, 0) is 56.6 Å². The zero-order valence-corrected chi connectivity index (χ0v) is 38.0. The lowest BCUT2D eigenvalue weighted by atomic mass is 9.88. The minimum atomic E-state index is -0.00208. The number of hydrogen-bond acceptors (Lipinski definition) is 4. The van der Waals surface area contributed by atoms with Crippen LogP contribution < -0.4 is 0 Å². The quantitative estimate of drug-likeness (QED) is 0.137. The van der Waals surface area contributed by atoms with E-state index in [0.717, 1.165) is 100 Å². The molecule has 1 aromatic heterocycles. The number of carbonyl (C=O) groups excluding carboxylic acids is 2. The van der Waals surface area contributed by atoms with Gasteiger partial charge in [0.2, 0.25) is 0 Å². The molecule has 0 spiro atoms. The number of Topliss-reactive ketones (excluding diaryl/α,β-unsaturated/α-hetero) is 2. The molecule has 9 aromatic carbocycles. The number of aromatic nitrogens is 2. The largest absolute Gasteiger partial charge is 0.289 e. The highest BCUT2D eigenvalue weighted by atomic mass is 16.1. The molecular weight excluding hydrogens is 853 g/mol. The second-order valence-electron chi connectivity index (χ2n) is 17.4. The van der Waals surface area contributed by atoms with E-state index in [2.05, 4.69) is 72.8 Å². The monoisotopic (exact) mass is 894 g/mol. The van der Waals surface area contributed by atoms with Crippen LogP contribution in [0.1, 0.15) is 44.5 Å². The first-order chi connectivity index (χ1) is 34.6. The van der Waals surface area contributed by atoms with Crippen LogP contribution in [-0.4, -0.2) is 21.5 Å². The summed E-state index contributed by atoms with van der Waals surface area (Å²) in [6.07, 6.45) is 0. The molecule has 4 heteroatoms. The molecule has 0 fully saturated rings. The molecule has 12 rings (SSSR count). The standard InChI is InChI=1S/C66H42N2O2/c69-65-59(45-25-11-3-12-26-45)55(43-21-7-1-8-22-43)57(61(65)47-29-15-5-16-30-47)49-35-39-51(40-36-49)63-64(68-54-34-20-19-33-53(54)67-63)52-41-37-50(38-42-52)58-56(44-23-9-2-10-24-44)60(46-27-13-4-14-28-46)66(70)62(58)48-31-17-6-18-32-48/h1-42H. The van der Waals surface area contributed by atoms with Gasteiger partial charge in [0, 0.05) is 55.7 Å². The average molecular weight is 895 g/mol. The molecule has 2 aliphatic rings. The Morgan fingerprint density at radius 2 is 0.371 bits per heavy atom. The Bertz CT molecular complexity index is 3510. The highest BCUT2D eigenvalue weighted by Gasteiger charge is 2.37. The van der Waals surface area contributed by atoms with Crippen molar-refractivity contribution in [3.63, 3.8) is 0 Å². The maximum Gasteiger partial charge on any atom is 0.195 e. The Morgan fingerprint density at radius 3 is 0.614 bits per heavy atom. The number of rotatable bonds is 10. The highest BCUT2D eigenvalue weighted by Crippen LogP contribution is 2.52. The zero-order chi connectivity index (χ0) is 47.0. The third kappa shape index (κ3) is 7.45. The molecule has 1 heterocycles. The molecule has 4 nitrogen and oxygen atoms in total. The second-order valence-corrected chi connectivity index (χ2v) is 17.4. The van der Waals surface area contributed by atoms with E-state index < -0.39 is 0 Å². The Morgan fingerprint density at radius 1 is 0.186 bits per heavy atom. The summed E-state index contributed by atoms with van der Waals surface area (Å²) in [6.45, 7) is 0. The van der Waals surface area contributed by atoms with Crippen LogP contribution in [0.5, 0.6) is 0 Å². The molecule has 0 aliphatic heterocycles. The van der Waals surface area contributed by atoms with E-state index in [-0.39, 0.29) is 11.6 Å². The van der Waals surface area contributed by atoms with Crippen molar-refractivity contribution in [3.05, 3.63) is 299 Å².